The molecule has 0 aliphatic carbocycles. The van der Waals surface area contributed by atoms with Gasteiger partial charge in [0.2, 0.25) is 0 Å². The van der Waals surface area contributed by atoms with Crippen molar-refractivity contribution in [1.82, 2.24) is 0 Å². The molecule has 2 heterocycles. The molecule has 8 rings (SSSR count). The van der Waals surface area contributed by atoms with Crippen molar-refractivity contribution in [3.63, 3.8) is 0 Å². The Kier molecular flexibility index (Phi) is 10.9. The van der Waals surface area contributed by atoms with E-state index in [4.69, 9.17) is 8.83 Å². The predicted octanol–water partition coefficient (Wildman–Crippen LogP) is 13.6. The Morgan fingerprint density at radius 3 is 1.20 bits per heavy atom. The zero-order valence-electron chi connectivity index (χ0n) is 30.4. The van der Waals surface area contributed by atoms with E-state index >= 15 is 0 Å². The number of hydrogen-bond acceptors (Lipinski definition) is 2. The molecule has 0 spiro atoms. The summed E-state index contributed by atoms with van der Waals surface area (Å²) >= 11 is 1.74. The van der Waals surface area contributed by atoms with Gasteiger partial charge in [0.15, 0.2) is 0 Å². The van der Waals surface area contributed by atoms with Crippen molar-refractivity contribution in [2.45, 2.75) is 54.6 Å². The fourth-order valence-electron chi connectivity index (χ4n) is 6.67. The van der Waals surface area contributed by atoms with Crippen LogP contribution in [0, 0.1) is 41.5 Å². The van der Waals surface area contributed by atoms with Crippen LogP contribution in [-0.2, 0) is 23.3 Å². The van der Waals surface area contributed by atoms with Gasteiger partial charge in [-0.15, -0.1) is 57.9 Å². The molecule has 50 heavy (non-hydrogen) atoms. The largest absolute Gasteiger partial charge is 0.496 e. The zero-order valence-corrected chi connectivity index (χ0v) is 33.8. The first-order valence-electron chi connectivity index (χ1n) is 17.2. The van der Waals surface area contributed by atoms with Crippen molar-refractivity contribution in [3.05, 3.63) is 155 Å². The minimum Gasteiger partial charge on any atom is -0.496 e. The Labute approximate surface area is 311 Å². The van der Waals surface area contributed by atoms with E-state index in [0.717, 1.165) is 34.2 Å². The summed E-state index contributed by atoms with van der Waals surface area (Å²) in [5.74, 6) is 3.76. The van der Waals surface area contributed by atoms with Gasteiger partial charge in [-0.25, -0.2) is 0 Å². The van der Waals surface area contributed by atoms with E-state index in [2.05, 4.69) is 138 Å². The van der Waals surface area contributed by atoms with Gasteiger partial charge in [0.25, 0.3) is 0 Å². The van der Waals surface area contributed by atoms with Crippen molar-refractivity contribution in [2.24, 2.45) is 0 Å². The van der Waals surface area contributed by atoms with Crippen LogP contribution in [0.3, 0.4) is 0 Å². The molecule has 0 aliphatic rings. The average molecular weight is 748 g/mol. The van der Waals surface area contributed by atoms with Crippen molar-refractivity contribution < 1.29 is 32.2 Å². The van der Waals surface area contributed by atoms with Gasteiger partial charge in [0.05, 0.1) is 23.0 Å². The summed E-state index contributed by atoms with van der Waals surface area (Å²) in [5.41, 5.74) is 13.0. The van der Waals surface area contributed by atoms with E-state index in [1.165, 1.54) is 66.1 Å². The molecular weight excluding hydrogens is 704 g/mol. The molecule has 8 aromatic rings. The minimum atomic E-state index is 0.210. The fraction of sp³-hybridized carbons (Fsp3) is 0.174. The molecule has 0 saturated carbocycles. The van der Waals surface area contributed by atoms with E-state index in [1.807, 2.05) is 38.1 Å². The molecule has 0 fully saturated rings. The first-order chi connectivity index (χ1) is 24.0. The van der Waals surface area contributed by atoms with E-state index in [1.54, 1.807) is 23.3 Å². The van der Waals surface area contributed by atoms with Crippen LogP contribution >= 0.6 is 0 Å². The maximum Gasteiger partial charge on any atom is 0.0896 e. The molecule has 0 bridgehead atoms. The molecule has 2 aromatic heterocycles. The van der Waals surface area contributed by atoms with Crippen LogP contribution in [0.1, 0.15) is 33.8 Å². The third-order valence-corrected chi connectivity index (χ3v) is 9.08. The van der Waals surface area contributed by atoms with Crippen LogP contribution in [0.2, 0.25) is 13.1 Å². The third-order valence-electron chi connectivity index (χ3n) is 9.08. The first-order valence-corrected chi connectivity index (χ1v) is 23.4. The SMILES string of the molecule is C[Si](C)=[Zr+2].Cc1ccc(-c2cc3c(-c4ccccc4C)c(C)ccc3[cH-]2)o1.Cc1ccc(-c2cc3c(-c4ccccc4C)c(C)ccc3[cH-]2)o1. The summed E-state index contributed by atoms with van der Waals surface area (Å²) in [6.07, 6.45) is 0. The molecule has 0 aliphatic heterocycles. The van der Waals surface area contributed by atoms with Crippen molar-refractivity contribution in [2.75, 3.05) is 0 Å². The number of rotatable bonds is 4. The van der Waals surface area contributed by atoms with E-state index in [9.17, 15) is 0 Å². The Morgan fingerprint density at radius 1 is 0.480 bits per heavy atom. The predicted molar refractivity (Wildman–Crippen MR) is 211 cm³/mol. The molecule has 0 saturated heterocycles. The van der Waals surface area contributed by atoms with Crippen molar-refractivity contribution in [1.29, 1.82) is 0 Å². The van der Waals surface area contributed by atoms with Crippen molar-refractivity contribution >= 4 is 27.0 Å². The molecule has 0 N–H and O–H groups in total. The summed E-state index contributed by atoms with van der Waals surface area (Å²) in [6.45, 7) is 17.3. The van der Waals surface area contributed by atoms with Gasteiger partial charge in [-0.2, -0.15) is 0 Å². The zero-order chi connectivity index (χ0) is 35.5. The standard InChI is InChI=1S/2C22H19O.C2H6Si.Zr/c2*1-14-6-4-5-7-19(14)22-15(2)8-10-17-12-18(13-20(17)22)21-11-9-16(3)23-21;1-3-2;/h2*4-13H,1-3H3;1-2H3;/q2*-1;;+2. The fourth-order valence-corrected chi connectivity index (χ4v) is 6.67. The number of aryl methyl sites for hydroxylation is 6. The molecule has 6 aromatic carbocycles. The average Bonchev–Trinajstić information content (AvgIpc) is 3.89. The maximum atomic E-state index is 5.80. The summed E-state index contributed by atoms with van der Waals surface area (Å²) in [5, 5.41) is 5.11. The van der Waals surface area contributed by atoms with Gasteiger partial charge in [0, 0.05) is 0 Å². The Bertz CT molecular complexity index is 2270. The second-order valence-corrected chi connectivity index (χ2v) is 22.8. The molecule has 0 atom stereocenters. The minimum absolute atomic E-state index is 0.210. The number of benzene rings is 4. The second-order valence-electron chi connectivity index (χ2n) is 13.5. The maximum absolute atomic E-state index is 5.80. The van der Waals surface area contributed by atoms with Crippen LogP contribution < -0.4 is 0 Å². The summed E-state index contributed by atoms with van der Waals surface area (Å²) < 4.78 is 11.6. The topological polar surface area (TPSA) is 26.3 Å². The van der Waals surface area contributed by atoms with Crippen LogP contribution in [-0.4, -0.2) is 5.43 Å². The molecule has 0 unspecified atom stereocenters. The number of hydrogen-bond donors (Lipinski definition) is 0. The molecule has 0 amide bonds. The Balaban J connectivity index is 0.000000156. The van der Waals surface area contributed by atoms with Crippen LogP contribution in [0.15, 0.2) is 130 Å². The quantitative estimate of drug-likeness (QED) is 0.132. The van der Waals surface area contributed by atoms with Gasteiger partial charge >= 0.3 is 41.9 Å². The second kappa shape index (κ2) is 15.3. The van der Waals surface area contributed by atoms with E-state index in [0.29, 0.717) is 0 Å². The monoisotopic (exact) mass is 746 g/mol. The normalized spacial score (nSPS) is 10.9. The molecule has 0 radical (unpaired) electrons. The third kappa shape index (κ3) is 7.73. The molecule has 248 valence electrons. The summed E-state index contributed by atoms with van der Waals surface area (Å²) in [6, 6.07) is 43.1. The smallest absolute Gasteiger partial charge is 0.0896 e. The van der Waals surface area contributed by atoms with Crippen LogP contribution in [0.25, 0.3) is 66.4 Å². The molecular formula is C46H44O2SiZr. The van der Waals surface area contributed by atoms with E-state index < -0.39 is 0 Å². The van der Waals surface area contributed by atoms with Gasteiger partial charge in [0.1, 0.15) is 0 Å². The Morgan fingerprint density at radius 2 is 0.860 bits per heavy atom. The van der Waals surface area contributed by atoms with Gasteiger partial charge < -0.3 is 8.83 Å². The van der Waals surface area contributed by atoms with Gasteiger partial charge in [-0.05, 0) is 99.2 Å². The first kappa shape index (κ1) is 35.6. The summed E-state index contributed by atoms with van der Waals surface area (Å²) in [4.78, 5) is 0. The van der Waals surface area contributed by atoms with Crippen molar-refractivity contribution in [3.8, 4) is 44.9 Å². The van der Waals surface area contributed by atoms with Crippen LogP contribution in [0.4, 0.5) is 0 Å². The van der Waals surface area contributed by atoms with Crippen LogP contribution in [0.5, 0.6) is 0 Å². The number of furan rings is 2. The Hall–Kier alpha value is -4.24. The molecule has 4 heteroatoms. The van der Waals surface area contributed by atoms with E-state index in [-0.39, 0.29) is 5.43 Å². The van der Waals surface area contributed by atoms with Gasteiger partial charge in [-0.1, -0.05) is 82.9 Å². The number of fused-ring (bicyclic) bond motifs is 2. The van der Waals surface area contributed by atoms with Gasteiger partial charge in [-0.3, -0.25) is 0 Å². The molecule has 2 nitrogen and oxygen atoms in total. The summed E-state index contributed by atoms with van der Waals surface area (Å²) in [7, 11) is 0.